The van der Waals surface area contributed by atoms with Crippen LogP contribution in [0.1, 0.15) is 33.2 Å². The highest BCUT2D eigenvalue weighted by Gasteiger charge is 2.38. The maximum absolute atomic E-state index is 13.4. The summed E-state index contributed by atoms with van der Waals surface area (Å²) in [6.45, 7) is 3.06. The SMILES string of the molecule is Cc1cccc(NC(=O)C(C)N(C(=O)CN2C(=O)c3ccccc3C2=O)c2ccccc2)c1. The van der Waals surface area contributed by atoms with Crippen LogP contribution in [0, 0.1) is 6.92 Å². The van der Waals surface area contributed by atoms with E-state index in [2.05, 4.69) is 5.32 Å². The molecule has 1 aliphatic rings. The molecule has 33 heavy (non-hydrogen) atoms. The first-order valence-corrected chi connectivity index (χ1v) is 10.6. The Labute approximate surface area is 191 Å². The van der Waals surface area contributed by atoms with E-state index in [4.69, 9.17) is 0 Å². The summed E-state index contributed by atoms with van der Waals surface area (Å²) in [5.41, 5.74) is 2.64. The smallest absolute Gasteiger partial charge is 0.262 e. The van der Waals surface area contributed by atoms with Crippen LogP contribution in [0.4, 0.5) is 11.4 Å². The predicted molar refractivity (Wildman–Crippen MR) is 125 cm³/mol. The zero-order valence-electron chi connectivity index (χ0n) is 18.3. The molecular weight excluding hydrogens is 418 g/mol. The quantitative estimate of drug-likeness (QED) is 0.592. The van der Waals surface area contributed by atoms with Crippen LogP contribution in [0.2, 0.25) is 0 Å². The number of benzene rings is 3. The van der Waals surface area contributed by atoms with Gasteiger partial charge in [0.25, 0.3) is 11.8 Å². The van der Waals surface area contributed by atoms with Crippen molar-refractivity contribution in [3.05, 3.63) is 95.6 Å². The fraction of sp³-hybridized carbons (Fsp3) is 0.154. The summed E-state index contributed by atoms with van der Waals surface area (Å²) in [6, 6.07) is 21.6. The molecule has 0 radical (unpaired) electrons. The third-order valence-corrected chi connectivity index (χ3v) is 5.53. The first-order valence-electron chi connectivity index (χ1n) is 10.6. The second-order valence-corrected chi connectivity index (χ2v) is 7.88. The number of hydrogen-bond donors (Lipinski definition) is 1. The van der Waals surface area contributed by atoms with Crippen molar-refractivity contribution in [1.29, 1.82) is 0 Å². The molecule has 0 bridgehead atoms. The van der Waals surface area contributed by atoms with Gasteiger partial charge in [-0.2, -0.15) is 0 Å². The Hall–Kier alpha value is -4.26. The van der Waals surface area contributed by atoms with Gasteiger partial charge in [-0.15, -0.1) is 0 Å². The summed E-state index contributed by atoms with van der Waals surface area (Å²) in [5.74, 6) is -1.97. The molecule has 0 saturated carbocycles. The second kappa shape index (κ2) is 9.08. The van der Waals surface area contributed by atoms with Crippen LogP contribution in [0.25, 0.3) is 0 Å². The molecule has 7 nitrogen and oxygen atoms in total. The van der Waals surface area contributed by atoms with E-state index in [1.165, 1.54) is 4.90 Å². The first-order chi connectivity index (χ1) is 15.9. The number of para-hydroxylation sites is 1. The van der Waals surface area contributed by atoms with Crippen molar-refractivity contribution < 1.29 is 19.2 Å². The van der Waals surface area contributed by atoms with Crippen LogP contribution in [-0.2, 0) is 9.59 Å². The van der Waals surface area contributed by atoms with E-state index < -0.39 is 30.3 Å². The van der Waals surface area contributed by atoms with E-state index in [1.54, 1.807) is 67.6 Å². The minimum atomic E-state index is -0.893. The Bertz CT molecular complexity index is 1200. The average Bonchev–Trinajstić information content (AvgIpc) is 3.05. The highest BCUT2D eigenvalue weighted by molar-refractivity contribution is 6.23. The summed E-state index contributed by atoms with van der Waals surface area (Å²) in [5, 5.41) is 2.83. The van der Waals surface area contributed by atoms with Crippen molar-refractivity contribution in [1.82, 2.24) is 4.90 Å². The Morgan fingerprint density at radius 1 is 0.879 bits per heavy atom. The fourth-order valence-corrected chi connectivity index (χ4v) is 3.85. The van der Waals surface area contributed by atoms with Crippen LogP contribution >= 0.6 is 0 Å². The Morgan fingerprint density at radius 3 is 2.09 bits per heavy atom. The molecule has 1 aliphatic heterocycles. The summed E-state index contributed by atoms with van der Waals surface area (Å²) < 4.78 is 0. The highest BCUT2D eigenvalue weighted by atomic mass is 16.2. The molecule has 7 heteroatoms. The number of rotatable bonds is 6. The summed E-state index contributed by atoms with van der Waals surface area (Å²) in [4.78, 5) is 54.1. The molecule has 4 amide bonds. The summed E-state index contributed by atoms with van der Waals surface area (Å²) in [7, 11) is 0. The van der Waals surface area contributed by atoms with Crippen molar-refractivity contribution in [2.75, 3.05) is 16.8 Å². The van der Waals surface area contributed by atoms with Crippen LogP contribution in [-0.4, -0.2) is 41.1 Å². The zero-order chi connectivity index (χ0) is 23.5. The van der Waals surface area contributed by atoms with Crippen molar-refractivity contribution in [2.45, 2.75) is 19.9 Å². The van der Waals surface area contributed by atoms with Crippen LogP contribution in [0.15, 0.2) is 78.9 Å². The van der Waals surface area contributed by atoms with Crippen LogP contribution in [0.5, 0.6) is 0 Å². The molecule has 4 rings (SSSR count). The third kappa shape index (κ3) is 4.39. The minimum absolute atomic E-state index is 0.270. The largest absolute Gasteiger partial charge is 0.324 e. The fourth-order valence-electron chi connectivity index (χ4n) is 3.85. The lowest BCUT2D eigenvalue weighted by atomic mass is 10.1. The molecule has 1 heterocycles. The average molecular weight is 441 g/mol. The zero-order valence-corrected chi connectivity index (χ0v) is 18.3. The Balaban J connectivity index is 1.58. The number of imide groups is 1. The lowest BCUT2D eigenvalue weighted by molar-refractivity contribution is -0.123. The van der Waals surface area contributed by atoms with Gasteiger partial charge in [0, 0.05) is 11.4 Å². The predicted octanol–water partition coefficient (Wildman–Crippen LogP) is 3.65. The molecule has 1 atom stereocenters. The number of amides is 4. The van der Waals surface area contributed by atoms with Gasteiger partial charge in [-0.25, -0.2) is 0 Å². The van der Waals surface area contributed by atoms with Gasteiger partial charge in [0.2, 0.25) is 11.8 Å². The van der Waals surface area contributed by atoms with Gasteiger partial charge in [0.05, 0.1) is 11.1 Å². The monoisotopic (exact) mass is 441 g/mol. The summed E-state index contributed by atoms with van der Waals surface area (Å²) in [6.07, 6.45) is 0. The second-order valence-electron chi connectivity index (χ2n) is 7.88. The van der Waals surface area contributed by atoms with Crippen LogP contribution in [0.3, 0.4) is 0 Å². The number of anilines is 2. The molecule has 0 aliphatic carbocycles. The molecule has 0 saturated heterocycles. The topological polar surface area (TPSA) is 86.8 Å². The van der Waals surface area contributed by atoms with Gasteiger partial charge in [-0.3, -0.25) is 29.0 Å². The number of nitrogens with zero attached hydrogens (tertiary/aromatic N) is 2. The summed E-state index contributed by atoms with van der Waals surface area (Å²) >= 11 is 0. The van der Waals surface area contributed by atoms with Crippen LogP contribution < -0.4 is 10.2 Å². The van der Waals surface area contributed by atoms with Crippen molar-refractivity contribution >= 4 is 35.0 Å². The number of carbonyl (C=O) groups excluding carboxylic acids is 4. The van der Waals surface area contributed by atoms with Gasteiger partial charge in [0.1, 0.15) is 12.6 Å². The first kappa shape index (κ1) is 22.0. The van der Waals surface area contributed by atoms with Crippen molar-refractivity contribution in [2.24, 2.45) is 0 Å². The van der Waals surface area contributed by atoms with Crippen molar-refractivity contribution in [3.63, 3.8) is 0 Å². The Kier molecular flexibility index (Phi) is 6.04. The van der Waals surface area contributed by atoms with Gasteiger partial charge in [-0.1, -0.05) is 42.5 Å². The maximum Gasteiger partial charge on any atom is 0.262 e. The molecule has 0 aromatic heterocycles. The molecule has 1 unspecified atom stereocenters. The van der Waals surface area contributed by atoms with Gasteiger partial charge >= 0.3 is 0 Å². The molecule has 0 spiro atoms. The number of hydrogen-bond acceptors (Lipinski definition) is 4. The van der Waals surface area contributed by atoms with E-state index in [-0.39, 0.29) is 17.0 Å². The Morgan fingerprint density at radius 2 is 1.48 bits per heavy atom. The minimum Gasteiger partial charge on any atom is -0.324 e. The van der Waals surface area contributed by atoms with E-state index in [9.17, 15) is 19.2 Å². The lowest BCUT2D eigenvalue weighted by Gasteiger charge is -2.30. The number of aryl methyl sites for hydroxylation is 1. The van der Waals surface area contributed by atoms with Crippen molar-refractivity contribution in [3.8, 4) is 0 Å². The molecular formula is C26H23N3O4. The van der Waals surface area contributed by atoms with E-state index in [0.29, 0.717) is 11.4 Å². The van der Waals surface area contributed by atoms with Gasteiger partial charge in [0.15, 0.2) is 0 Å². The normalized spacial score (nSPS) is 13.5. The van der Waals surface area contributed by atoms with Gasteiger partial charge < -0.3 is 5.32 Å². The highest BCUT2D eigenvalue weighted by Crippen LogP contribution is 2.24. The third-order valence-electron chi connectivity index (χ3n) is 5.53. The number of fused-ring (bicyclic) bond motifs is 1. The maximum atomic E-state index is 13.4. The molecule has 1 N–H and O–H groups in total. The van der Waals surface area contributed by atoms with E-state index in [0.717, 1.165) is 10.5 Å². The lowest BCUT2D eigenvalue weighted by Crippen LogP contribution is -2.50. The molecule has 3 aromatic rings. The number of carbonyl (C=O) groups is 4. The molecule has 3 aromatic carbocycles. The standard InChI is InChI=1S/C26H23N3O4/c1-17-9-8-10-19(15-17)27-24(31)18(2)29(20-11-4-3-5-12-20)23(30)16-28-25(32)21-13-6-7-14-22(21)26(28)33/h3-15,18H,16H2,1-2H3,(H,27,31). The van der Waals surface area contributed by atoms with E-state index >= 15 is 0 Å². The van der Waals surface area contributed by atoms with E-state index in [1.807, 2.05) is 25.1 Å². The van der Waals surface area contributed by atoms with Gasteiger partial charge in [-0.05, 0) is 55.8 Å². The number of nitrogens with one attached hydrogen (secondary N) is 1. The molecule has 166 valence electrons. The molecule has 0 fully saturated rings.